The SMILES string of the molecule is OCC1(NCc2cc3c(cc2Br)OCO3)CCCCC1. The summed E-state index contributed by atoms with van der Waals surface area (Å²) in [5.74, 6) is 1.59. The van der Waals surface area contributed by atoms with Crippen LogP contribution in [0.2, 0.25) is 0 Å². The lowest BCUT2D eigenvalue weighted by Crippen LogP contribution is -2.49. The van der Waals surface area contributed by atoms with Crippen molar-refractivity contribution in [1.29, 1.82) is 0 Å². The molecule has 0 radical (unpaired) electrons. The van der Waals surface area contributed by atoms with Crippen molar-refractivity contribution in [3.63, 3.8) is 0 Å². The second kappa shape index (κ2) is 5.92. The first-order valence-corrected chi connectivity index (χ1v) is 7.96. The number of benzene rings is 1. The maximum absolute atomic E-state index is 9.72. The number of rotatable bonds is 4. The van der Waals surface area contributed by atoms with Crippen LogP contribution in [0.4, 0.5) is 0 Å². The number of hydrogen-bond donors (Lipinski definition) is 2. The number of aliphatic hydroxyl groups is 1. The summed E-state index contributed by atoms with van der Waals surface area (Å²) in [6, 6.07) is 3.96. The van der Waals surface area contributed by atoms with E-state index in [0.717, 1.165) is 40.9 Å². The van der Waals surface area contributed by atoms with Gasteiger partial charge in [-0.15, -0.1) is 0 Å². The number of nitrogens with one attached hydrogen (secondary N) is 1. The summed E-state index contributed by atoms with van der Waals surface area (Å²) in [6.45, 7) is 1.21. The molecule has 1 aliphatic heterocycles. The second-order valence-corrected chi connectivity index (χ2v) is 6.50. The average molecular weight is 342 g/mol. The van der Waals surface area contributed by atoms with Crippen LogP contribution < -0.4 is 14.8 Å². The fourth-order valence-electron chi connectivity index (χ4n) is 3.00. The first-order valence-electron chi connectivity index (χ1n) is 7.16. The third-order valence-corrected chi connectivity index (χ3v) is 5.05. The van der Waals surface area contributed by atoms with Crippen molar-refractivity contribution >= 4 is 15.9 Å². The van der Waals surface area contributed by atoms with Crippen LogP contribution in [0.5, 0.6) is 11.5 Å². The quantitative estimate of drug-likeness (QED) is 0.883. The molecule has 0 spiro atoms. The standard InChI is InChI=1S/C15H20BrNO3/c16-12-7-14-13(19-10-20-14)6-11(12)8-17-15(9-18)4-2-1-3-5-15/h6-7,17-18H,1-5,8-10H2. The topological polar surface area (TPSA) is 50.7 Å². The van der Waals surface area contributed by atoms with E-state index in [1.165, 1.54) is 19.3 Å². The van der Waals surface area contributed by atoms with Crippen molar-refractivity contribution in [1.82, 2.24) is 5.32 Å². The molecule has 5 heteroatoms. The largest absolute Gasteiger partial charge is 0.454 e. The normalized spacial score (nSPS) is 20.1. The maximum atomic E-state index is 9.72. The van der Waals surface area contributed by atoms with Crippen molar-refractivity contribution < 1.29 is 14.6 Å². The highest BCUT2D eigenvalue weighted by Crippen LogP contribution is 2.37. The zero-order chi connectivity index (χ0) is 14.0. The molecule has 0 unspecified atom stereocenters. The van der Waals surface area contributed by atoms with Crippen LogP contribution in [0.1, 0.15) is 37.7 Å². The number of halogens is 1. The number of ether oxygens (including phenoxy) is 2. The molecule has 0 bridgehead atoms. The monoisotopic (exact) mass is 341 g/mol. The summed E-state index contributed by atoms with van der Waals surface area (Å²) >= 11 is 3.58. The van der Waals surface area contributed by atoms with Gasteiger partial charge in [0.1, 0.15) is 0 Å². The molecule has 110 valence electrons. The zero-order valence-electron chi connectivity index (χ0n) is 11.5. The molecule has 0 aromatic heterocycles. The van der Waals surface area contributed by atoms with E-state index in [9.17, 15) is 5.11 Å². The molecule has 1 saturated carbocycles. The summed E-state index contributed by atoms with van der Waals surface area (Å²) in [5.41, 5.74) is 1.02. The highest BCUT2D eigenvalue weighted by Gasteiger charge is 2.30. The molecule has 1 aromatic carbocycles. The minimum absolute atomic E-state index is 0.117. The fraction of sp³-hybridized carbons (Fsp3) is 0.600. The lowest BCUT2D eigenvalue weighted by Gasteiger charge is -2.37. The Labute approximate surface area is 127 Å². The molecule has 1 aliphatic carbocycles. The van der Waals surface area contributed by atoms with Crippen LogP contribution in [0.3, 0.4) is 0 Å². The summed E-state index contributed by atoms with van der Waals surface area (Å²) in [4.78, 5) is 0. The van der Waals surface area contributed by atoms with Crippen LogP contribution in [-0.4, -0.2) is 24.0 Å². The lowest BCUT2D eigenvalue weighted by molar-refractivity contribution is 0.119. The summed E-state index contributed by atoms with van der Waals surface area (Å²) in [7, 11) is 0. The maximum Gasteiger partial charge on any atom is 0.231 e. The van der Waals surface area contributed by atoms with Gasteiger partial charge in [0.2, 0.25) is 6.79 Å². The van der Waals surface area contributed by atoms with Crippen LogP contribution >= 0.6 is 15.9 Å². The van der Waals surface area contributed by atoms with Gasteiger partial charge in [-0.2, -0.15) is 0 Å². The van der Waals surface area contributed by atoms with Gasteiger partial charge in [0.15, 0.2) is 11.5 Å². The van der Waals surface area contributed by atoms with Crippen LogP contribution in [0.25, 0.3) is 0 Å². The van der Waals surface area contributed by atoms with Crippen molar-refractivity contribution in [3.05, 3.63) is 22.2 Å². The van der Waals surface area contributed by atoms with Gasteiger partial charge in [-0.25, -0.2) is 0 Å². The average Bonchev–Trinajstić information content (AvgIpc) is 2.93. The third kappa shape index (κ3) is 2.80. The van der Waals surface area contributed by atoms with Crippen molar-refractivity contribution in [3.8, 4) is 11.5 Å². The zero-order valence-corrected chi connectivity index (χ0v) is 13.0. The molecule has 1 fully saturated rings. The Morgan fingerprint density at radius 2 is 1.85 bits per heavy atom. The summed E-state index contributed by atoms with van der Waals surface area (Å²) in [6.07, 6.45) is 5.75. The highest BCUT2D eigenvalue weighted by molar-refractivity contribution is 9.10. The third-order valence-electron chi connectivity index (χ3n) is 4.31. The molecule has 2 aliphatic rings. The van der Waals surface area contributed by atoms with Gasteiger partial charge in [-0.05, 0) is 30.5 Å². The smallest absolute Gasteiger partial charge is 0.231 e. The molecule has 20 heavy (non-hydrogen) atoms. The molecule has 0 atom stereocenters. The van der Waals surface area contributed by atoms with Crippen molar-refractivity contribution in [2.24, 2.45) is 0 Å². The van der Waals surface area contributed by atoms with Crippen molar-refractivity contribution in [2.45, 2.75) is 44.2 Å². The molecular weight excluding hydrogens is 322 g/mol. The van der Waals surface area contributed by atoms with Gasteiger partial charge in [0.05, 0.1) is 6.61 Å². The van der Waals surface area contributed by atoms with Crippen LogP contribution in [0, 0.1) is 0 Å². The Balaban J connectivity index is 1.71. The molecular formula is C15H20BrNO3. The van der Waals surface area contributed by atoms with Gasteiger partial charge in [-0.1, -0.05) is 35.2 Å². The van der Waals surface area contributed by atoms with Crippen molar-refractivity contribution in [2.75, 3.05) is 13.4 Å². The second-order valence-electron chi connectivity index (χ2n) is 5.65. The fourth-order valence-corrected chi connectivity index (χ4v) is 3.46. The molecule has 2 N–H and O–H groups in total. The van der Waals surface area contributed by atoms with E-state index in [0.29, 0.717) is 6.79 Å². The van der Waals surface area contributed by atoms with Crippen LogP contribution in [-0.2, 0) is 6.54 Å². The number of aliphatic hydroxyl groups excluding tert-OH is 1. The molecule has 4 nitrogen and oxygen atoms in total. The van der Waals surface area contributed by atoms with Gasteiger partial charge in [0.25, 0.3) is 0 Å². The first kappa shape index (κ1) is 14.2. The molecule has 0 saturated heterocycles. The summed E-state index contributed by atoms with van der Waals surface area (Å²) < 4.78 is 11.8. The Morgan fingerprint density at radius 1 is 1.15 bits per heavy atom. The molecule has 1 heterocycles. The van der Waals surface area contributed by atoms with Gasteiger partial charge >= 0.3 is 0 Å². The van der Waals surface area contributed by atoms with Gasteiger partial charge < -0.3 is 19.9 Å². The molecule has 0 amide bonds. The minimum Gasteiger partial charge on any atom is -0.454 e. The van der Waals surface area contributed by atoms with E-state index in [-0.39, 0.29) is 12.1 Å². The Bertz CT molecular complexity index is 486. The highest BCUT2D eigenvalue weighted by atomic mass is 79.9. The van der Waals surface area contributed by atoms with E-state index in [1.54, 1.807) is 0 Å². The van der Waals surface area contributed by atoms with E-state index in [2.05, 4.69) is 21.2 Å². The summed E-state index contributed by atoms with van der Waals surface area (Å²) in [5, 5.41) is 13.3. The van der Waals surface area contributed by atoms with Gasteiger partial charge in [0, 0.05) is 16.6 Å². The number of fused-ring (bicyclic) bond motifs is 1. The van der Waals surface area contributed by atoms with E-state index in [1.807, 2.05) is 12.1 Å². The van der Waals surface area contributed by atoms with E-state index >= 15 is 0 Å². The Hall–Kier alpha value is -0.780. The lowest BCUT2D eigenvalue weighted by atomic mass is 9.82. The van der Waals surface area contributed by atoms with Gasteiger partial charge in [-0.3, -0.25) is 0 Å². The Kier molecular flexibility index (Phi) is 4.19. The predicted molar refractivity (Wildman–Crippen MR) is 80.0 cm³/mol. The Morgan fingerprint density at radius 3 is 2.55 bits per heavy atom. The van der Waals surface area contributed by atoms with E-state index < -0.39 is 0 Å². The number of hydrogen-bond acceptors (Lipinski definition) is 4. The first-order chi connectivity index (χ1) is 9.72. The molecule has 3 rings (SSSR count). The van der Waals surface area contributed by atoms with Crippen LogP contribution in [0.15, 0.2) is 16.6 Å². The van der Waals surface area contributed by atoms with E-state index in [4.69, 9.17) is 9.47 Å². The molecule has 1 aromatic rings. The minimum atomic E-state index is -0.117. The predicted octanol–water partition coefficient (Wildman–Crippen LogP) is 2.96.